The van der Waals surface area contributed by atoms with E-state index in [0.29, 0.717) is 28.5 Å². The van der Waals surface area contributed by atoms with E-state index in [0.717, 1.165) is 5.56 Å². The number of rotatable bonds is 5. The van der Waals surface area contributed by atoms with Crippen LogP contribution in [-0.2, 0) is 11.2 Å². The van der Waals surface area contributed by atoms with Gasteiger partial charge in [0.25, 0.3) is 0 Å². The number of para-hydroxylation sites is 1. The van der Waals surface area contributed by atoms with Crippen LogP contribution < -0.4 is 5.43 Å². The zero-order valence-electron chi connectivity index (χ0n) is 13.8. The lowest BCUT2D eigenvalue weighted by atomic mass is 10.0. The van der Waals surface area contributed by atoms with Crippen LogP contribution >= 0.6 is 15.9 Å². The van der Waals surface area contributed by atoms with Gasteiger partial charge in [-0.2, -0.15) is 0 Å². The molecule has 2 aromatic carbocycles. The fourth-order valence-corrected chi connectivity index (χ4v) is 3.17. The normalized spacial score (nSPS) is 10.8. The zero-order valence-corrected chi connectivity index (χ0v) is 15.3. The molecule has 0 saturated heterocycles. The van der Waals surface area contributed by atoms with Crippen molar-refractivity contribution in [2.75, 3.05) is 11.9 Å². The van der Waals surface area contributed by atoms with E-state index in [9.17, 15) is 9.59 Å². The fraction of sp³-hybridized carbons (Fsp3) is 0.200. The van der Waals surface area contributed by atoms with Gasteiger partial charge in [0, 0.05) is 16.5 Å². The SMILES string of the molecule is CCOC(=O)c1cccc2c(=O)c(CCBr)c(-c3ccccc3)oc12. The lowest BCUT2D eigenvalue weighted by Crippen LogP contribution is -2.14. The quantitative estimate of drug-likeness (QED) is 0.464. The van der Waals surface area contributed by atoms with Crippen LogP contribution in [0, 0.1) is 0 Å². The number of alkyl halides is 1. The molecule has 1 aromatic heterocycles. The van der Waals surface area contributed by atoms with Crippen LogP contribution in [0.2, 0.25) is 0 Å². The molecule has 0 atom stereocenters. The standard InChI is InChI=1S/C20H17BrO4/c1-2-24-20(23)16-10-6-9-14-17(22)15(11-12-21)18(25-19(14)16)13-7-4-3-5-8-13/h3-10H,2,11-12H2,1H3. The summed E-state index contributed by atoms with van der Waals surface area (Å²) in [5.74, 6) is -0.00204. The maximum atomic E-state index is 13.0. The van der Waals surface area contributed by atoms with Crippen molar-refractivity contribution < 1.29 is 13.9 Å². The number of hydrogen-bond acceptors (Lipinski definition) is 4. The summed E-state index contributed by atoms with van der Waals surface area (Å²) in [6.07, 6.45) is 0.534. The average molecular weight is 401 g/mol. The Kier molecular flexibility index (Phi) is 5.34. The maximum absolute atomic E-state index is 13.0. The summed E-state index contributed by atoms with van der Waals surface area (Å²) < 4.78 is 11.2. The molecular weight excluding hydrogens is 384 g/mol. The maximum Gasteiger partial charge on any atom is 0.341 e. The van der Waals surface area contributed by atoms with Crippen molar-refractivity contribution in [3.8, 4) is 11.3 Å². The number of fused-ring (bicyclic) bond motifs is 1. The van der Waals surface area contributed by atoms with E-state index in [2.05, 4.69) is 15.9 Å². The Labute approximate surface area is 153 Å². The molecule has 0 spiro atoms. The molecule has 3 rings (SSSR count). The predicted octanol–water partition coefficient (Wildman–Crippen LogP) is 4.57. The van der Waals surface area contributed by atoms with Gasteiger partial charge in [0.2, 0.25) is 0 Å². The Hall–Kier alpha value is -2.40. The number of benzene rings is 2. The summed E-state index contributed by atoms with van der Waals surface area (Å²) in [7, 11) is 0. The first-order valence-corrected chi connectivity index (χ1v) is 9.16. The predicted molar refractivity (Wildman–Crippen MR) is 101 cm³/mol. The smallest absolute Gasteiger partial charge is 0.341 e. The third-order valence-corrected chi connectivity index (χ3v) is 4.28. The first-order valence-electron chi connectivity index (χ1n) is 8.04. The Bertz CT molecular complexity index is 961. The average Bonchev–Trinajstić information content (AvgIpc) is 2.64. The number of halogens is 1. The lowest BCUT2D eigenvalue weighted by Gasteiger charge is -2.11. The summed E-state index contributed by atoms with van der Waals surface area (Å²) in [6, 6.07) is 14.4. The van der Waals surface area contributed by atoms with Crippen molar-refractivity contribution in [1.29, 1.82) is 0 Å². The van der Waals surface area contributed by atoms with Gasteiger partial charge in [-0.05, 0) is 25.5 Å². The van der Waals surface area contributed by atoms with Crippen LogP contribution in [0.5, 0.6) is 0 Å². The van der Waals surface area contributed by atoms with E-state index in [1.165, 1.54) is 0 Å². The molecule has 0 saturated carbocycles. The summed E-state index contributed by atoms with van der Waals surface area (Å²) in [4.78, 5) is 25.2. The van der Waals surface area contributed by atoms with Gasteiger partial charge in [0.15, 0.2) is 11.0 Å². The minimum Gasteiger partial charge on any atom is -0.462 e. The largest absolute Gasteiger partial charge is 0.462 e. The molecule has 1 heterocycles. The molecule has 0 aliphatic carbocycles. The van der Waals surface area contributed by atoms with Gasteiger partial charge in [0.1, 0.15) is 11.3 Å². The van der Waals surface area contributed by atoms with Crippen LogP contribution in [-0.4, -0.2) is 17.9 Å². The second-order valence-corrected chi connectivity index (χ2v) is 6.24. The Balaban J connectivity index is 2.34. The van der Waals surface area contributed by atoms with Crippen LogP contribution in [0.15, 0.2) is 57.7 Å². The summed E-state index contributed by atoms with van der Waals surface area (Å²) >= 11 is 3.39. The van der Waals surface area contributed by atoms with Crippen LogP contribution in [0.25, 0.3) is 22.3 Å². The molecule has 0 fully saturated rings. The molecule has 0 aliphatic rings. The van der Waals surface area contributed by atoms with Crippen molar-refractivity contribution in [2.45, 2.75) is 13.3 Å². The van der Waals surface area contributed by atoms with Crippen LogP contribution in [0.3, 0.4) is 0 Å². The van der Waals surface area contributed by atoms with Crippen molar-refractivity contribution in [1.82, 2.24) is 0 Å². The number of hydrogen-bond donors (Lipinski definition) is 0. The molecule has 0 unspecified atom stereocenters. The number of esters is 1. The second kappa shape index (κ2) is 7.66. The Morgan fingerprint density at radius 2 is 1.88 bits per heavy atom. The molecule has 0 radical (unpaired) electrons. The zero-order chi connectivity index (χ0) is 17.8. The molecule has 0 bridgehead atoms. The third kappa shape index (κ3) is 3.37. The summed E-state index contributed by atoms with van der Waals surface area (Å²) in [5.41, 5.74) is 1.81. The van der Waals surface area contributed by atoms with Crippen LogP contribution in [0.1, 0.15) is 22.8 Å². The Morgan fingerprint density at radius 1 is 1.12 bits per heavy atom. The summed E-state index contributed by atoms with van der Waals surface area (Å²) in [6.45, 7) is 2.00. The van der Waals surface area contributed by atoms with E-state index in [1.807, 2.05) is 30.3 Å². The first-order chi connectivity index (χ1) is 12.2. The molecule has 128 valence electrons. The molecular formula is C20H17BrO4. The molecule has 0 N–H and O–H groups in total. The number of ether oxygens (including phenoxy) is 1. The van der Waals surface area contributed by atoms with E-state index < -0.39 is 5.97 Å². The minimum atomic E-state index is -0.497. The van der Waals surface area contributed by atoms with Crippen molar-refractivity contribution >= 4 is 32.9 Å². The highest BCUT2D eigenvalue weighted by molar-refractivity contribution is 9.09. The van der Waals surface area contributed by atoms with Gasteiger partial charge < -0.3 is 9.15 Å². The van der Waals surface area contributed by atoms with Gasteiger partial charge in [0.05, 0.1) is 12.0 Å². The number of carbonyl (C=O) groups is 1. The molecule has 4 nitrogen and oxygen atoms in total. The topological polar surface area (TPSA) is 56.5 Å². The fourth-order valence-electron chi connectivity index (χ4n) is 2.77. The second-order valence-electron chi connectivity index (χ2n) is 5.45. The van der Waals surface area contributed by atoms with Gasteiger partial charge >= 0.3 is 5.97 Å². The van der Waals surface area contributed by atoms with Gasteiger partial charge in [-0.3, -0.25) is 4.79 Å². The highest BCUT2D eigenvalue weighted by Crippen LogP contribution is 2.28. The van der Waals surface area contributed by atoms with E-state index in [-0.39, 0.29) is 23.2 Å². The van der Waals surface area contributed by atoms with Crippen molar-refractivity contribution in [3.63, 3.8) is 0 Å². The number of carbonyl (C=O) groups excluding carboxylic acids is 1. The molecule has 0 aliphatic heterocycles. The minimum absolute atomic E-state index is 0.120. The highest BCUT2D eigenvalue weighted by Gasteiger charge is 2.20. The molecule has 3 aromatic rings. The van der Waals surface area contributed by atoms with E-state index in [1.54, 1.807) is 25.1 Å². The molecule has 25 heavy (non-hydrogen) atoms. The highest BCUT2D eigenvalue weighted by atomic mass is 79.9. The molecule has 0 amide bonds. The van der Waals surface area contributed by atoms with E-state index >= 15 is 0 Å². The third-order valence-electron chi connectivity index (χ3n) is 3.89. The van der Waals surface area contributed by atoms with Gasteiger partial charge in [-0.1, -0.05) is 52.3 Å². The van der Waals surface area contributed by atoms with Gasteiger partial charge in [-0.25, -0.2) is 4.79 Å². The monoisotopic (exact) mass is 400 g/mol. The van der Waals surface area contributed by atoms with Crippen molar-refractivity contribution in [2.24, 2.45) is 0 Å². The van der Waals surface area contributed by atoms with E-state index in [4.69, 9.17) is 9.15 Å². The van der Waals surface area contributed by atoms with Gasteiger partial charge in [-0.15, -0.1) is 0 Å². The first kappa shape index (κ1) is 17.4. The lowest BCUT2D eigenvalue weighted by molar-refractivity contribution is 0.0527. The van der Waals surface area contributed by atoms with Crippen LogP contribution in [0.4, 0.5) is 0 Å². The Morgan fingerprint density at radius 3 is 2.56 bits per heavy atom. The molecule has 5 heteroatoms. The summed E-state index contributed by atoms with van der Waals surface area (Å²) in [5, 5.41) is 1.03. The van der Waals surface area contributed by atoms with Crippen molar-refractivity contribution in [3.05, 3.63) is 69.9 Å².